The van der Waals surface area contributed by atoms with Crippen molar-refractivity contribution in [1.29, 1.82) is 0 Å². The Morgan fingerprint density at radius 3 is 0.741 bits per heavy atom. The molecule has 0 fully saturated rings. The molecule has 0 spiro atoms. The first-order valence-electron chi connectivity index (χ1n) is 42.0. The van der Waals surface area contributed by atoms with Crippen molar-refractivity contribution < 1.29 is 80.2 Å². The zero-order valence-corrected chi connectivity index (χ0v) is 70.8. The summed E-state index contributed by atoms with van der Waals surface area (Å²) in [6.07, 6.45) is 105. The molecule has 630 valence electrons. The summed E-state index contributed by atoms with van der Waals surface area (Å²) in [5.41, 5.74) is 0. The minimum atomic E-state index is -5.03. The number of phosphoric acid groups is 2. The predicted molar refractivity (Wildman–Crippen MR) is 463 cm³/mol. The molecule has 0 aliphatic rings. The Labute approximate surface area is 677 Å². The summed E-state index contributed by atoms with van der Waals surface area (Å²) in [5.74, 6) is -2.41. The lowest BCUT2D eigenvalue weighted by atomic mass is 10.1. The molecule has 0 rings (SSSR count). The van der Waals surface area contributed by atoms with Gasteiger partial charge in [-0.1, -0.05) is 311 Å². The fraction of sp³-hybridized carbons (Fsp3) is 0.570. The summed E-state index contributed by atoms with van der Waals surface area (Å²) in [6, 6.07) is 0. The van der Waals surface area contributed by atoms with Crippen LogP contribution in [0.3, 0.4) is 0 Å². The first-order valence-corrected chi connectivity index (χ1v) is 45.0. The molecule has 17 nitrogen and oxygen atoms in total. The van der Waals surface area contributed by atoms with Gasteiger partial charge in [-0.25, -0.2) is 9.13 Å². The summed E-state index contributed by atoms with van der Waals surface area (Å²) >= 11 is 0. The SMILES string of the molecule is CC/C=C\C/C=C\C/C=C\C/C=C\C/C=C\C/C=C\CCC(=O)OCC(COP(=O)(O)OCC(O)COP(=O)(O)OCC(COC(=O)CCCCCCCCC/C=C\C/C=C\C/C=C\CC)OC(=O)CCCCCCCCC/C=C\C/C=C\C/C=C\CC)OC(=O)CC/C=C\C/C=C\C/C=C\C/C=C\C/C=C\C/C=C\CC. The van der Waals surface area contributed by atoms with Crippen molar-refractivity contribution in [2.45, 2.75) is 303 Å². The van der Waals surface area contributed by atoms with E-state index in [2.05, 4.69) is 210 Å². The summed E-state index contributed by atoms with van der Waals surface area (Å²) in [5, 5.41) is 10.7. The van der Waals surface area contributed by atoms with Gasteiger partial charge in [0.1, 0.15) is 19.3 Å². The molecule has 0 radical (unpaired) electrons. The van der Waals surface area contributed by atoms with E-state index in [4.69, 9.17) is 37.0 Å². The van der Waals surface area contributed by atoms with Crippen LogP contribution in [0, 0.1) is 0 Å². The van der Waals surface area contributed by atoms with E-state index in [0.717, 1.165) is 193 Å². The molecule has 0 aliphatic carbocycles. The quantitative estimate of drug-likeness (QED) is 0.0169. The van der Waals surface area contributed by atoms with Crippen molar-refractivity contribution in [2.75, 3.05) is 39.6 Å². The highest BCUT2D eigenvalue weighted by molar-refractivity contribution is 7.47. The number of esters is 4. The molecule has 0 saturated carbocycles. The largest absolute Gasteiger partial charge is 0.472 e. The number of aliphatic hydroxyl groups excluding tert-OH is 1. The van der Waals surface area contributed by atoms with Gasteiger partial charge in [0.05, 0.1) is 26.4 Å². The fourth-order valence-corrected chi connectivity index (χ4v) is 11.8. The van der Waals surface area contributed by atoms with Crippen LogP contribution in [0.2, 0.25) is 0 Å². The van der Waals surface area contributed by atoms with E-state index in [-0.39, 0.29) is 25.7 Å². The summed E-state index contributed by atoms with van der Waals surface area (Å²) in [7, 11) is -10.0. The van der Waals surface area contributed by atoms with E-state index in [9.17, 15) is 43.2 Å². The van der Waals surface area contributed by atoms with Gasteiger partial charge in [-0.3, -0.25) is 37.3 Å². The second-order valence-electron chi connectivity index (χ2n) is 26.9. The molecule has 0 aromatic carbocycles. The van der Waals surface area contributed by atoms with Crippen molar-refractivity contribution >= 4 is 39.5 Å². The number of aliphatic hydroxyl groups is 1. The number of unbranched alkanes of at least 4 members (excludes halogenated alkanes) is 14. The lowest BCUT2D eigenvalue weighted by Crippen LogP contribution is -2.30. The zero-order valence-electron chi connectivity index (χ0n) is 69.0. The molecule has 0 amide bonds. The third kappa shape index (κ3) is 81.4. The molecule has 3 N–H and O–H groups in total. The number of allylic oxidation sites excluding steroid dienone is 36. The summed E-state index contributed by atoms with van der Waals surface area (Å²) in [6.45, 7) is 4.21. The van der Waals surface area contributed by atoms with Gasteiger partial charge in [-0.2, -0.15) is 0 Å². The van der Waals surface area contributed by atoms with E-state index in [1.54, 1.807) is 0 Å². The minimum Gasteiger partial charge on any atom is -0.462 e. The number of phosphoric ester groups is 2. The maximum atomic E-state index is 13.1. The summed E-state index contributed by atoms with van der Waals surface area (Å²) < 4.78 is 68.6. The first kappa shape index (κ1) is 105. The van der Waals surface area contributed by atoms with Gasteiger partial charge in [0.2, 0.25) is 0 Å². The number of rotatable bonds is 76. The van der Waals surface area contributed by atoms with Crippen molar-refractivity contribution in [3.63, 3.8) is 0 Å². The Bertz CT molecular complexity index is 2990. The molecular formula is C93H146O17P2. The highest BCUT2D eigenvalue weighted by Gasteiger charge is 2.30. The lowest BCUT2D eigenvalue weighted by Gasteiger charge is -2.21. The summed E-state index contributed by atoms with van der Waals surface area (Å²) in [4.78, 5) is 73.2. The maximum absolute atomic E-state index is 13.1. The van der Waals surface area contributed by atoms with Crippen LogP contribution >= 0.6 is 15.6 Å². The first-order chi connectivity index (χ1) is 54.7. The van der Waals surface area contributed by atoms with Gasteiger partial charge in [0.15, 0.2) is 12.2 Å². The van der Waals surface area contributed by atoms with Crippen LogP contribution < -0.4 is 0 Å². The van der Waals surface area contributed by atoms with Crippen LogP contribution in [0.15, 0.2) is 219 Å². The minimum absolute atomic E-state index is 0.0108. The number of carbonyl (C=O) groups is 4. The highest BCUT2D eigenvalue weighted by Crippen LogP contribution is 2.45. The molecule has 0 aliphatic heterocycles. The van der Waals surface area contributed by atoms with Crippen molar-refractivity contribution in [2.24, 2.45) is 0 Å². The van der Waals surface area contributed by atoms with Gasteiger partial charge in [0.25, 0.3) is 0 Å². The van der Waals surface area contributed by atoms with Gasteiger partial charge >= 0.3 is 39.5 Å². The molecule has 19 heteroatoms. The Balaban J connectivity index is 5.56. The molecule has 0 aromatic rings. The highest BCUT2D eigenvalue weighted by atomic mass is 31.2. The lowest BCUT2D eigenvalue weighted by molar-refractivity contribution is -0.161. The van der Waals surface area contributed by atoms with Crippen LogP contribution in [0.5, 0.6) is 0 Å². The fourth-order valence-electron chi connectivity index (χ4n) is 10.2. The van der Waals surface area contributed by atoms with Crippen LogP contribution in [0.4, 0.5) is 0 Å². The van der Waals surface area contributed by atoms with Crippen LogP contribution in [0.1, 0.15) is 285 Å². The molecule has 0 heterocycles. The Hall–Kier alpha value is -6.62. The number of hydrogen-bond donors (Lipinski definition) is 3. The Morgan fingerprint density at radius 1 is 0.250 bits per heavy atom. The molecule has 0 saturated heterocycles. The molecular weight excluding hydrogens is 1450 g/mol. The normalized spacial score (nSPS) is 14.9. The van der Waals surface area contributed by atoms with Crippen molar-refractivity contribution in [3.05, 3.63) is 219 Å². The Kier molecular flexibility index (Phi) is 77.5. The number of ether oxygens (including phenoxy) is 4. The number of hydrogen-bond acceptors (Lipinski definition) is 15. The smallest absolute Gasteiger partial charge is 0.462 e. The van der Waals surface area contributed by atoms with Gasteiger partial charge in [0, 0.05) is 25.7 Å². The standard InChI is InChI=1S/C93H146O17P2/c1-5-9-13-17-21-25-29-33-37-41-43-47-50-54-58-62-66-70-74-78-91(96)104-84-89(110-93(98)80-76-72-68-64-60-56-52-48-44-42-38-34-30-26-22-18-14-10-6-2)86-108-112(101,102)106-82-87(94)81-105-111(99,100)107-85-88(109-92(97)79-75-71-67-63-59-55-51-46-40-36-32-28-24-20-16-12-8-4)83-103-90(95)77-73-69-65-61-57-53-49-45-39-35-31-27-23-19-15-11-7-3/h9-16,21-28,33-40,43-44,47-48,54,56,58,60,66,68,70,72,87-89,94H,5-8,17-20,29-32,41-42,45-46,49-53,55,57,59,61-65,67,69,71,73-86H2,1-4H3,(H,99,100)(H,101,102)/b13-9-,14-10-,15-11-,16-12-,25-21-,26-22-,27-23-,28-24-,37-33-,38-34-,39-35-,40-36-,47-43-,48-44-,58-54-,60-56-,70-66-,72-68-. The number of carbonyl (C=O) groups excluding carboxylic acids is 4. The average molecular weight is 1600 g/mol. The monoisotopic (exact) mass is 1600 g/mol. The van der Waals surface area contributed by atoms with Crippen LogP contribution in [0.25, 0.3) is 0 Å². The van der Waals surface area contributed by atoms with E-state index in [1.807, 2.05) is 36.5 Å². The second-order valence-corrected chi connectivity index (χ2v) is 29.8. The Morgan fingerprint density at radius 2 is 0.455 bits per heavy atom. The topological polar surface area (TPSA) is 237 Å². The van der Waals surface area contributed by atoms with Crippen molar-refractivity contribution in [1.82, 2.24) is 0 Å². The van der Waals surface area contributed by atoms with E-state index >= 15 is 0 Å². The van der Waals surface area contributed by atoms with Gasteiger partial charge < -0.3 is 33.8 Å². The maximum Gasteiger partial charge on any atom is 0.472 e. The van der Waals surface area contributed by atoms with Gasteiger partial charge in [-0.05, 0) is 167 Å². The molecule has 5 unspecified atom stereocenters. The molecule has 5 atom stereocenters. The van der Waals surface area contributed by atoms with Crippen molar-refractivity contribution in [3.8, 4) is 0 Å². The zero-order chi connectivity index (χ0) is 81.7. The van der Waals surface area contributed by atoms with E-state index in [0.29, 0.717) is 38.5 Å². The average Bonchev–Trinajstić information content (AvgIpc) is 0.898. The third-order valence-corrected chi connectivity index (χ3v) is 18.4. The van der Waals surface area contributed by atoms with Crippen LogP contribution in [-0.2, 0) is 65.4 Å². The molecule has 0 bridgehead atoms. The second kappa shape index (κ2) is 82.4. The molecule has 112 heavy (non-hydrogen) atoms. The predicted octanol–water partition coefficient (Wildman–Crippen LogP) is 25.2. The van der Waals surface area contributed by atoms with E-state index < -0.39 is 97.5 Å². The van der Waals surface area contributed by atoms with E-state index in [1.165, 1.54) is 0 Å². The van der Waals surface area contributed by atoms with Crippen LogP contribution in [-0.4, -0.2) is 96.7 Å². The third-order valence-electron chi connectivity index (χ3n) is 16.5. The van der Waals surface area contributed by atoms with Gasteiger partial charge in [-0.15, -0.1) is 0 Å². The molecule has 0 aromatic heterocycles.